The van der Waals surface area contributed by atoms with Gasteiger partial charge in [-0.1, -0.05) is 164 Å². The van der Waals surface area contributed by atoms with Crippen LogP contribution in [0.2, 0.25) is 0 Å². The average Bonchev–Trinajstić information content (AvgIpc) is 3.82. The monoisotopic (exact) mass is 736 g/mol. The van der Waals surface area contributed by atoms with Crippen molar-refractivity contribution in [3.63, 3.8) is 0 Å². The van der Waals surface area contributed by atoms with Crippen LogP contribution in [0.25, 0.3) is 69.9 Å². The second-order valence-corrected chi connectivity index (χ2v) is 15.0. The van der Waals surface area contributed by atoms with Crippen LogP contribution < -0.4 is 5.73 Å². The third kappa shape index (κ3) is 6.05. The lowest BCUT2D eigenvalue weighted by molar-refractivity contribution is 0.781. The first-order valence-electron chi connectivity index (χ1n) is 18.8. The topological polar surface area (TPSA) is 55.7 Å². The molecule has 0 amide bonds. The lowest BCUT2D eigenvalue weighted by Crippen LogP contribution is -2.14. The Labute approximate surface area is 329 Å². The van der Waals surface area contributed by atoms with Crippen molar-refractivity contribution in [1.29, 1.82) is 0 Å². The third-order valence-corrected chi connectivity index (χ3v) is 11.8. The molecule has 266 valence electrons. The molecule has 5 heteroatoms. The Morgan fingerprint density at radius 2 is 1.11 bits per heavy atom. The fourth-order valence-corrected chi connectivity index (χ4v) is 9.18. The summed E-state index contributed by atoms with van der Waals surface area (Å²) in [5, 5.41) is 5.06. The van der Waals surface area contributed by atoms with Crippen LogP contribution in [0.4, 0.5) is 0 Å². The summed E-state index contributed by atoms with van der Waals surface area (Å²) in [4.78, 5) is 9.74. The van der Waals surface area contributed by atoms with Crippen LogP contribution in [0.1, 0.15) is 22.9 Å². The van der Waals surface area contributed by atoms with Gasteiger partial charge in [-0.2, -0.15) is 0 Å². The largest absolute Gasteiger partial charge is 0.383 e. The zero-order chi connectivity index (χ0) is 37.4. The number of hydrogen-bond donors (Lipinski definition) is 1. The second kappa shape index (κ2) is 14.3. The number of thiophene rings is 1. The molecule has 1 unspecified atom stereocenters. The van der Waals surface area contributed by atoms with Crippen LogP contribution in [-0.4, -0.2) is 16.6 Å². The van der Waals surface area contributed by atoms with Gasteiger partial charge in [0.1, 0.15) is 5.84 Å². The fraction of sp³-hybridized carbons (Fsp3) is 0.0196. The molecular formula is C51H36N4S. The summed E-state index contributed by atoms with van der Waals surface area (Å²) in [7, 11) is 0. The molecule has 10 aromatic rings. The van der Waals surface area contributed by atoms with E-state index in [1.54, 1.807) is 0 Å². The molecule has 0 aliphatic rings. The lowest BCUT2D eigenvalue weighted by Gasteiger charge is -2.11. The molecule has 0 bridgehead atoms. The van der Waals surface area contributed by atoms with Gasteiger partial charge < -0.3 is 10.3 Å². The van der Waals surface area contributed by atoms with Gasteiger partial charge in [0, 0.05) is 48.4 Å². The highest BCUT2D eigenvalue weighted by molar-refractivity contribution is 7.26. The standard InChI is InChI=1S/C51H36N4S/c52-50(36-16-6-2-7-17-36)54-51(37-18-8-3-9-19-37)53-33-34-26-29-39(30-27-34)55-46-25-11-10-20-42(46)45-32-38(28-31-47(45)55)41-22-13-24-44-43-23-12-21-40(48(43)56-49(41)44)35-14-4-1-5-15-35/h1-33,51H,(H2,52,54)/b53-33+. The quantitative estimate of drug-likeness (QED) is 0.123. The van der Waals surface area contributed by atoms with E-state index in [0.29, 0.717) is 5.84 Å². The molecule has 0 spiro atoms. The number of nitrogens with two attached hydrogens (primary N) is 1. The Morgan fingerprint density at radius 3 is 1.82 bits per heavy atom. The molecule has 10 rings (SSSR count). The van der Waals surface area contributed by atoms with E-state index in [1.165, 1.54) is 64.2 Å². The van der Waals surface area contributed by atoms with Crippen LogP contribution in [0, 0.1) is 0 Å². The maximum Gasteiger partial charge on any atom is 0.167 e. The molecule has 2 N–H and O–H groups in total. The highest BCUT2D eigenvalue weighted by Gasteiger charge is 2.17. The van der Waals surface area contributed by atoms with E-state index in [4.69, 9.17) is 15.7 Å². The number of amidine groups is 1. The molecule has 0 aliphatic carbocycles. The van der Waals surface area contributed by atoms with Crippen LogP contribution in [0.5, 0.6) is 0 Å². The van der Waals surface area contributed by atoms with Gasteiger partial charge in [0.15, 0.2) is 6.17 Å². The number of rotatable bonds is 8. The van der Waals surface area contributed by atoms with E-state index in [9.17, 15) is 0 Å². The Morgan fingerprint density at radius 1 is 0.518 bits per heavy atom. The van der Waals surface area contributed by atoms with Gasteiger partial charge >= 0.3 is 0 Å². The number of nitrogens with zero attached hydrogens (tertiary/aromatic N) is 3. The zero-order valence-electron chi connectivity index (χ0n) is 30.5. The maximum absolute atomic E-state index is 6.45. The number of hydrogen-bond acceptors (Lipinski definition) is 3. The molecule has 1 atom stereocenters. The molecule has 0 saturated heterocycles. The van der Waals surface area contributed by atoms with Crippen LogP contribution in [0.15, 0.2) is 204 Å². The first-order chi connectivity index (χ1) is 27.7. The van der Waals surface area contributed by atoms with E-state index >= 15 is 0 Å². The van der Waals surface area contributed by atoms with Crippen molar-refractivity contribution < 1.29 is 0 Å². The third-order valence-electron chi connectivity index (χ3n) is 10.5. The van der Waals surface area contributed by atoms with Crippen molar-refractivity contribution in [2.45, 2.75) is 6.17 Å². The first-order valence-corrected chi connectivity index (χ1v) is 19.6. The molecule has 2 aromatic heterocycles. The smallest absolute Gasteiger partial charge is 0.167 e. The Hall–Kier alpha value is -7.08. The van der Waals surface area contributed by atoms with Crippen molar-refractivity contribution in [3.05, 3.63) is 211 Å². The number of aromatic nitrogens is 1. The van der Waals surface area contributed by atoms with Crippen molar-refractivity contribution in [1.82, 2.24) is 4.57 Å². The minimum Gasteiger partial charge on any atom is -0.383 e. The predicted octanol–water partition coefficient (Wildman–Crippen LogP) is 13.0. The minimum absolute atomic E-state index is 0.458. The molecule has 56 heavy (non-hydrogen) atoms. The van der Waals surface area contributed by atoms with E-state index in [-0.39, 0.29) is 0 Å². The van der Waals surface area contributed by atoms with E-state index < -0.39 is 6.17 Å². The van der Waals surface area contributed by atoms with Gasteiger partial charge in [-0.25, -0.2) is 4.99 Å². The molecule has 0 aliphatic heterocycles. The second-order valence-electron chi connectivity index (χ2n) is 14.0. The summed E-state index contributed by atoms with van der Waals surface area (Å²) in [6, 6.07) is 68.2. The minimum atomic E-state index is -0.466. The highest BCUT2D eigenvalue weighted by Crippen LogP contribution is 2.44. The summed E-state index contributed by atoms with van der Waals surface area (Å²) in [5.74, 6) is 0.458. The summed E-state index contributed by atoms with van der Waals surface area (Å²) >= 11 is 1.89. The normalized spacial score (nSPS) is 12.7. The number of benzene rings is 8. The van der Waals surface area contributed by atoms with E-state index in [2.05, 4.69) is 138 Å². The molecular weight excluding hydrogens is 701 g/mol. The number of fused-ring (bicyclic) bond motifs is 6. The van der Waals surface area contributed by atoms with Crippen LogP contribution >= 0.6 is 11.3 Å². The molecule has 8 aromatic carbocycles. The Balaban J connectivity index is 1.02. The Bertz CT molecular complexity index is 3070. The van der Waals surface area contributed by atoms with E-state index in [1.807, 2.05) is 78.2 Å². The summed E-state index contributed by atoms with van der Waals surface area (Å²) in [5.41, 5.74) is 17.7. The van der Waals surface area contributed by atoms with Crippen LogP contribution in [-0.2, 0) is 0 Å². The number of aliphatic imine (C=N–C) groups is 2. The van der Waals surface area contributed by atoms with Crippen molar-refractivity contribution >= 4 is 65.4 Å². The molecule has 0 radical (unpaired) electrons. The zero-order valence-corrected chi connectivity index (χ0v) is 31.3. The summed E-state index contributed by atoms with van der Waals surface area (Å²) < 4.78 is 5.00. The molecule has 0 saturated carbocycles. The lowest BCUT2D eigenvalue weighted by atomic mass is 9.99. The molecule has 4 nitrogen and oxygen atoms in total. The van der Waals surface area contributed by atoms with Gasteiger partial charge in [0.05, 0.1) is 11.0 Å². The average molecular weight is 737 g/mol. The van der Waals surface area contributed by atoms with Crippen molar-refractivity contribution in [3.8, 4) is 27.9 Å². The van der Waals surface area contributed by atoms with Gasteiger partial charge in [-0.3, -0.25) is 4.99 Å². The van der Waals surface area contributed by atoms with Crippen molar-refractivity contribution in [2.24, 2.45) is 15.7 Å². The summed E-state index contributed by atoms with van der Waals surface area (Å²) in [6.07, 6.45) is 1.42. The van der Waals surface area contributed by atoms with Gasteiger partial charge in [0.2, 0.25) is 0 Å². The Kier molecular flexibility index (Phi) is 8.55. The van der Waals surface area contributed by atoms with Crippen molar-refractivity contribution in [2.75, 3.05) is 0 Å². The number of para-hydroxylation sites is 1. The van der Waals surface area contributed by atoms with Gasteiger partial charge in [0.25, 0.3) is 0 Å². The highest BCUT2D eigenvalue weighted by atomic mass is 32.1. The van der Waals surface area contributed by atoms with E-state index in [0.717, 1.165) is 22.4 Å². The SMILES string of the molecule is N/C(=N\C(/N=C/c1ccc(-n2c3ccccc3c3cc(-c4cccc5c4sc4c(-c6ccccc6)cccc45)ccc32)cc1)c1ccccc1)c1ccccc1. The maximum atomic E-state index is 6.45. The molecule has 0 fully saturated rings. The molecule has 2 heterocycles. The van der Waals surface area contributed by atoms with Gasteiger partial charge in [-0.05, 0) is 63.7 Å². The van der Waals surface area contributed by atoms with Gasteiger partial charge in [-0.15, -0.1) is 11.3 Å². The summed E-state index contributed by atoms with van der Waals surface area (Å²) in [6.45, 7) is 0. The predicted molar refractivity (Wildman–Crippen MR) is 238 cm³/mol. The first kappa shape index (κ1) is 33.5. The fourth-order valence-electron chi connectivity index (χ4n) is 7.81. The van der Waals surface area contributed by atoms with Crippen LogP contribution in [0.3, 0.4) is 0 Å².